The molecule has 0 bridgehead atoms. The van der Waals surface area contributed by atoms with Gasteiger partial charge in [0.05, 0.1) is 24.8 Å². The number of furan rings is 1. The highest BCUT2D eigenvalue weighted by atomic mass is 35.5. The molecule has 2 aromatic rings. The average molecular weight is 365 g/mol. The van der Waals surface area contributed by atoms with Crippen molar-refractivity contribution in [3.63, 3.8) is 0 Å². The predicted molar refractivity (Wildman–Crippen MR) is 98.9 cm³/mol. The summed E-state index contributed by atoms with van der Waals surface area (Å²) in [6.07, 6.45) is 4.41. The molecule has 1 amide bonds. The Balaban J connectivity index is 0.00000225. The van der Waals surface area contributed by atoms with Gasteiger partial charge < -0.3 is 19.8 Å². The number of amides is 1. The summed E-state index contributed by atoms with van der Waals surface area (Å²) < 4.78 is 11.2. The largest absolute Gasteiger partial charge is 0.467 e. The van der Waals surface area contributed by atoms with Gasteiger partial charge in [-0.3, -0.25) is 4.79 Å². The van der Waals surface area contributed by atoms with Gasteiger partial charge in [-0.05, 0) is 30.9 Å². The highest BCUT2D eigenvalue weighted by molar-refractivity contribution is 5.94. The molecular weight excluding hydrogens is 340 g/mol. The summed E-state index contributed by atoms with van der Waals surface area (Å²) in [6.45, 7) is 2.48. The number of nitrogens with zero attached hydrogens (tertiary/aromatic N) is 1. The van der Waals surface area contributed by atoms with Crippen molar-refractivity contribution < 1.29 is 13.9 Å². The molecule has 1 aliphatic rings. The lowest BCUT2D eigenvalue weighted by molar-refractivity contribution is 0.0100. The molecule has 3 rings (SSSR count). The fourth-order valence-corrected chi connectivity index (χ4v) is 3.00. The first-order chi connectivity index (χ1) is 11.8. The molecule has 0 radical (unpaired) electrons. The Morgan fingerprint density at radius 3 is 2.60 bits per heavy atom. The third-order valence-corrected chi connectivity index (χ3v) is 4.42. The Bertz CT molecular complexity index is 652. The van der Waals surface area contributed by atoms with E-state index in [1.807, 2.05) is 23.1 Å². The highest BCUT2D eigenvalue weighted by Crippen LogP contribution is 2.18. The van der Waals surface area contributed by atoms with E-state index in [1.54, 1.807) is 6.07 Å². The van der Waals surface area contributed by atoms with Crippen LogP contribution in [0, 0.1) is 0 Å². The molecule has 5 nitrogen and oxygen atoms in total. The number of nitrogens with two attached hydrogens (primary N) is 1. The summed E-state index contributed by atoms with van der Waals surface area (Å²) in [5.41, 5.74) is 7.39. The van der Waals surface area contributed by atoms with Crippen molar-refractivity contribution in [3.05, 3.63) is 59.5 Å². The molecule has 1 aliphatic heterocycles. The predicted octanol–water partition coefficient (Wildman–Crippen LogP) is 3.02. The number of carbonyl (C=O) groups excluding carboxylic acids is 1. The maximum absolute atomic E-state index is 12.4. The molecule has 1 aromatic heterocycles. The van der Waals surface area contributed by atoms with E-state index < -0.39 is 0 Å². The topological polar surface area (TPSA) is 68.7 Å². The van der Waals surface area contributed by atoms with Crippen LogP contribution in [0.25, 0.3) is 0 Å². The lowest BCUT2D eigenvalue weighted by atomic mass is 10.1. The van der Waals surface area contributed by atoms with Gasteiger partial charge in [0.1, 0.15) is 12.0 Å². The molecule has 25 heavy (non-hydrogen) atoms. The monoisotopic (exact) mass is 364 g/mol. The normalized spacial score (nSPS) is 15.0. The maximum Gasteiger partial charge on any atom is 0.257 e. The number of hydrogen-bond acceptors (Lipinski definition) is 4. The van der Waals surface area contributed by atoms with Crippen LogP contribution in [0.3, 0.4) is 0 Å². The van der Waals surface area contributed by atoms with Crippen LogP contribution < -0.4 is 5.73 Å². The van der Waals surface area contributed by atoms with Crippen molar-refractivity contribution in [2.24, 2.45) is 5.73 Å². The van der Waals surface area contributed by atoms with E-state index in [0.29, 0.717) is 17.9 Å². The zero-order valence-corrected chi connectivity index (χ0v) is 15.0. The molecule has 1 fully saturated rings. The fourth-order valence-electron chi connectivity index (χ4n) is 3.00. The van der Waals surface area contributed by atoms with E-state index in [4.69, 9.17) is 14.9 Å². The summed E-state index contributed by atoms with van der Waals surface area (Å²) in [4.78, 5) is 14.3. The van der Waals surface area contributed by atoms with E-state index in [2.05, 4.69) is 12.1 Å². The summed E-state index contributed by atoms with van der Waals surface area (Å²) >= 11 is 0. The van der Waals surface area contributed by atoms with Crippen LogP contribution in [0.1, 0.15) is 34.5 Å². The quantitative estimate of drug-likeness (QED) is 0.855. The van der Waals surface area contributed by atoms with E-state index in [0.717, 1.165) is 39.0 Å². The van der Waals surface area contributed by atoms with E-state index >= 15 is 0 Å². The maximum atomic E-state index is 12.4. The second-order valence-corrected chi connectivity index (χ2v) is 6.10. The molecule has 2 heterocycles. The number of rotatable bonds is 6. The number of halogens is 1. The SMILES string of the molecule is Cl.NCc1cc(C(=O)N2CCC(OCCc3ccccc3)CC2)co1. The minimum atomic E-state index is 0. The minimum Gasteiger partial charge on any atom is -0.467 e. The van der Waals surface area contributed by atoms with E-state index in [1.165, 1.54) is 11.8 Å². The molecule has 1 aromatic carbocycles. The van der Waals surface area contributed by atoms with Crippen LogP contribution in [-0.2, 0) is 17.7 Å². The Kier molecular flexibility index (Phi) is 7.50. The third-order valence-electron chi connectivity index (χ3n) is 4.42. The van der Waals surface area contributed by atoms with Gasteiger partial charge in [-0.25, -0.2) is 0 Å². The molecule has 0 saturated carbocycles. The number of benzene rings is 1. The second-order valence-electron chi connectivity index (χ2n) is 6.10. The van der Waals surface area contributed by atoms with Crippen molar-refractivity contribution in [3.8, 4) is 0 Å². The van der Waals surface area contributed by atoms with Crippen molar-refractivity contribution in [1.82, 2.24) is 4.90 Å². The van der Waals surface area contributed by atoms with Crippen LogP contribution in [0.5, 0.6) is 0 Å². The van der Waals surface area contributed by atoms with Crippen LogP contribution >= 0.6 is 12.4 Å². The van der Waals surface area contributed by atoms with Crippen molar-refractivity contribution in [2.75, 3.05) is 19.7 Å². The summed E-state index contributed by atoms with van der Waals surface area (Å²) in [5.74, 6) is 0.652. The number of likely N-dealkylation sites (tertiary alicyclic amines) is 1. The Morgan fingerprint density at radius 2 is 1.96 bits per heavy atom. The summed E-state index contributed by atoms with van der Waals surface area (Å²) in [6, 6.07) is 12.1. The first-order valence-corrected chi connectivity index (χ1v) is 8.48. The second kappa shape index (κ2) is 9.61. The Labute approximate surface area is 154 Å². The molecule has 1 saturated heterocycles. The van der Waals surface area contributed by atoms with Crippen molar-refractivity contribution in [1.29, 1.82) is 0 Å². The third kappa shape index (κ3) is 5.33. The Morgan fingerprint density at radius 1 is 1.24 bits per heavy atom. The van der Waals surface area contributed by atoms with E-state index in [9.17, 15) is 4.79 Å². The smallest absolute Gasteiger partial charge is 0.257 e. The molecular formula is C19H25ClN2O3. The first-order valence-electron chi connectivity index (χ1n) is 8.48. The molecule has 0 aliphatic carbocycles. The van der Waals surface area contributed by atoms with Crippen LogP contribution in [0.15, 0.2) is 47.1 Å². The van der Waals surface area contributed by atoms with Crippen molar-refractivity contribution >= 4 is 18.3 Å². The van der Waals surface area contributed by atoms with Crippen LogP contribution in [0.4, 0.5) is 0 Å². The zero-order valence-electron chi connectivity index (χ0n) is 14.2. The number of ether oxygens (including phenoxy) is 1. The first kappa shape index (κ1) is 19.5. The molecule has 0 atom stereocenters. The average Bonchev–Trinajstić information content (AvgIpc) is 3.12. The number of piperidine rings is 1. The number of hydrogen-bond donors (Lipinski definition) is 1. The summed E-state index contributed by atoms with van der Waals surface area (Å²) in [5, 5.41) is 0. The molecule has 136 valence electrons. The molecule has 6 heteroatoms. The van der Waals surface area contributed by atoms with Crippen LogP contribution in [-0.4, -0.2) is 36.6 Å². The van der Waals surface area contributed by atoms with Gasteiger partial charge in [0.15, 0.2) is 0 Å². The van der Waals surface area contributed by atoms with Gasteiger partial charge in [0.25, 0.3) is 5.91 Å². The molecule has 0 spiro atoms. The molecule has 2 N–H and O–H groups in total. The van der Waals surface area contributed by atoms with E-state index in [-0.39, 0.29) is 24.4 Å². The van der Waals surface area contributed by atoms with Crippen LogP contribution in [0.2, 0.25) is 0 Å². The van der Waals surface area contributed by atoms with Gasteiger partial charge in [-0.15, -0.1) is 12.4 Å². The van der Waals surface area contributed by atoms with Gasteiger partial charge in [-0.2, -0.15) is 0 Å². The van der Waals surface area contributed by atoms with Gasteiger partial charge in [-0.1, -0.05) is 30.3 Å². The lowest BCUT2D eigenvalue weighted by Gasteiger charge is -2.31. The van der Waals surface area contributed by atoms with Crippen molar-refractivity contribution in [2.45, 2.75) is 31.9 Å². The lowest BCUT2D eigenvalue weighted by Crippen LogP contribution is -2.40. The zero-order chi connectivity index (χ0) is 16.8. The Hall–Kier alpha value is -1.82. The van der Waals surface area contributed by atoms with Gasteiger partial charge in [0, 0.05) is 13.1 Å². The minimum absolute atomic E-state index is 0. The molecule has 0 unspecified atom stereocenters. The number of carbonyl (C=O) groups is 1. The van der Waals surface area contributed by atoms with Gasteiger partial charge in [0.2, 0.25) is 0 Å². The summed E-state index contributed by atoms with van der Waals surface area (Å²) in [7, 11) is 0. The van der Waals surface area contributed by atoms with Gasteiger partial charge >= 0.3 is 0 Å². The standard InChI is InChI=1S/C19H24N2O3.ClH/c20-13-18-12-16(14-24-18)19(22)21-9-6-17(7-10-21)23-11-8-15-4-2-1-3-5-15;/h1-5,12,14,17H,6-11,13,20H2;1H. The highest BCUT2D eigenvalue weighted by Gasteiger charge is 2.24. The fraction of sp³-hybridized carbons (Fsp3) is 0.421.